The Bertz CT molecular complexity index is 1490. The molecular weight excluding hydrogens is 500 g/mol. The van der Waals surface area contributed by atoms with E-state index in [1.54, 1.807) is 24.3 Å². The zero-order valence-electron chi connectivity index (χ0n) is 20.9. The van der Waals surface area contributed by atoms with E-state index in [2.05, 4.69) is 34.2 Å². The van der Waals surface area contributed by atoms with Crippen LogP contribution in [-0.2, 0) is 9.84 Å². The quantitative estimate of drug-likeness (QED) is 0.452. The summed E-state index contributed by atoms with van der Waals surface area (Å²) in [5.41, 5.74) is 1.39. The fourth-order valence-electron chi connectivity index (χ4n) is 4.26. The topological polar surface area (TPSA) is 88.0 Å². The lowest BCUT2D eigenvalue weighted by atomic mass is 10.0. The van der Waals surface area contributed by atoms with Gasteiger partial charge in [0, 0.05) is 25.4 Å². The first-order valence-corrected chi connectivity index (χ1v) is 13.5. The molecule has 1 fully saturated rings. The molecule has 4 rings (SSSR count). The molecule has 37 heavy (non-hydrogen) atoms. The highest BCUT2D eigenvalue weighted by Gasteiger charge is 2.28. The van der Waals surface area contributed by atoms with Crippen molar-refractivity contribution in [3.8, 4) is 17.6 Å². The number of ether oxygens (including phenoxy) is 1. The predicted molar refractivity (Wildman–Crippen MR) is 141 cm³/mol. The van der Waals surface area contributed by atoms with Crippen LogP contribution >= 0.6 is 0 Å². The lowest BCUT2D eigenvalue weighted by molar-refractivity contribution is 0.149. The molecule has 0 aliphatic carbocycles. The normalized spacial score (nSPS) is 18.2. The van der Waals surface area contributed by atoms with Gasteiger partial charge in [0.15, 0.2) is 9.84 Å². The summed E-state index contributed by atoms with van der Waals surface area (Å²) in [5, 5.41) is 10.8. The van der Waals surface area contributed by atoms with Gasteiger partial charge in [-0.25, -0.2) is 21.7 Å². The van der Waals surface area contributed by atoms with Crippen LogP contribution in [0.1, 0.15) is 17.7 Å². The van der Waals surface area contributed by atoms with Crippen molar-refractivity contribution in [1.29, 1.82) is 0 Å². The van der Waals surface area contributed by atoms with E-state index in [1.807, 2.05) is 11.9 Å². The maximum atomic E-state index is 14.6. The first kappa shape index (κ1) is 26.4. The Balaban J connectivity index is 1.57. The van der Waals surface area contributed by atoms with Crippen LogP contribution in [0.2, 0.25) is 0 Å². The summed E-state index contributed by atoms with van der Waals surface area (Å²) in [6.07, 6.45) is 0.704. The van der Waals surface area contributed by atoms with E-state index < -0.39 is 21.8 Å². The molecule has 2 atom stereocenters. The van der Waals surface area contributed by atoms with Crippen molar-refractivity contribution >= 4 is 32.7 Å². The average molecular weight is 530 g/mol. The number of pyridine rings is 1. The molecule has 0 saturated carbocycles. The van der Waals surface area contributed by atoms with Crippen LogP contribution in [0.5, 0.6) is 5.75 Å². The summed E-state index contributed by atoms with van der Waals surface area (Å²) in [7, 11) is -0.0495. The summed E-state index contributed by atoms with van der Waals surface area (Å²) in [4.78, 5) is 2.08. The van der Waals surface area contributed by atoms with Crippen molar-refractivity contribution in [3.05, 3.63) is 54.2 Å². The Morgan fingerprint density at radius 1 is 1.32 bits per heavy atom. The van der Waals surface area contributed by atoms with Gasteiger partial charge in [0.2, 0.25) is 0 Å². The maximum Gasteiger partial charge on any atom is 0.175 e. The second-order valence-corrected chi connectivity index (χ2v) is 11.0. The fourth-order valence-corrected chi connectivity index (χ4v) is 4.89. The van der Waals surface area contributed by atoms with Crippen LogP contribution in [0, 0.1) is 11.8 Å². The SMILES string of the molecule is C=C(F)c1c(C#CCNc2ccc(S(C)(=O)=O)cc2OC)nn2c(N[C@@H]3CCN(C)C[C@@H]3F)cccc12. The monoisotopic (exact) mass is 529 g/mol. The second-order valence-electron chi connectivity index (χ2n) is 8.94. The number of piperidine rings is 1. The number of sulfone groups is 1. The molecule has 1 aliphatic rings. The van der Waals surface area contributed by atoms with Crippen molar-refractivity contribution < 1.29 is 21.9 Å². The van der Waals surface area contributed by atoms with Crippen molar-refractivity contribution in [3.63, 3.8) is 0 Å². The van der Waals surface area contributed by atoms with E-state index in [-0.39, 0.29) is 28.7 Å². The summed E-state index contributed by atoms with van der Waals surface area (Å²) in [5.74, 6) is 6.01. The van der Waals surface area contributed by atoms with Gasteiger partial charge in [0.05, 0.1) is 41.4 Å². The van der Waals surface area contributed by atoms with Gasteiger partial charge in [-0.15, -0.1) is 0 Å². The molecule has 1 aliphatic heterocycles. The van der Waals surface area contributed by atoms with Gasteiger partial charge in [0.1, 0.15) is 29.3 Å². The number of rotatable bonds is 7. The molecule has 0 unspecified atom stereocenters. The Kier molecular flexibility index (Phi) is 7.71. The van der Waals surface area contributed by atoms with E-state index in [1.165, 1.54) is 23.8 Å². The highest BCUT2D eigenvalue weighted by Crippen LogP contribution is 2.29. The van der Waals surface area contributed by atoms with Crippen LogP contribution in [0.15, 0.2) is 47.9 Å². The smallest absolute Gasteiger partial charge is 0.175 e. The van der Waals surface area contributed by atoms with E-state index in [4.69, 9.17) is 4.74 Å². The largest absolute Gasteiger partial charge is 0.495 e. The summed E-state index contributed by atoms with van der Waals surface area (Å²) in [6.45, 7) is 4.71. The highest BCUT2D eigenvalue weighted by molar-refractivity contribution is 7.90. The van der Waals surface area contributed by atoms with E-state index >= 15 is 0 Å². The van der Waals surface area contributed by atoms with Crippen LogP contribution in [-0.4, -0.2) is 75.2 Å². The molecule has 0 amide bonds. The molecule has 8 nitrogen and oxygen atoms in total. The number of hydrogen-bond donors (Lipinski definition) is 2. The summed E-state index contributed by atoms with van der Waals surface area (Å²) >= 11 is 0. The Morgan fingerprint density at radius 3 is 2.78 bits per heavy atom. The highest BCUT2D eigenvalue weighted by atomic mass is 32.2. The van der Waals surface area contributed by atoms with Gasteiger partial charge in [-0.3, -0.25) is 0 Å². The minimum atomic E-state index is -3.38. The number of nitrogens with one attached hydrogen (secondary N) is 2. The number of fused-ring (bicyclic) bond motifs is 1. The van der Waals surface area contributed by atoms with Gasteiger partial charge in [-0.1, -0.05) is 18.6 Å². The van der Waals surface area contributed by atoms with Gasteiger partial charge in [-0.05, 0) is 43.7 Å². The van der Waals surface area contributed by atoms with Crippen molar-refractivity contribution in [2.75, 3.05) is 50.7 Å². The third-order valence-electron chi connectivity index (χ3n) is 6.18. The van der Waals surface area contributed by atoms with E-state index in [9.17, 15) is 17.2 Å². The summed E-state index contributed by atoms with van der Waals surface area (Å²) < 4.78 is 59.5. The number of methoxy groups -OCH3 is 1. The molecule has 2 aromatic heterocycles. The Labute approximate surface area is 215 Å². The summed E-state index contributed by atoms with van der Waals surface area (Å²) in [6, 6.07) is 9.33. The molecule has 196 valence electrons. The molecule has 2 N–H and O–H groups in total. The zero-order valence-corrected chi connectivity index (χ0v) is 21.7. The number of likely N-dealkylation sites (tertiary alicyclic amines) is 1. The number of alkyl halides is 1. The first-order chi connectivity index (χ1) is 17.6. The first-order valence-electron chi connectivity index (χ1n) is 11.6. The van der Waals surface area contributed by atoms with Gasteiger partial charge in [0.25, 0.3) is 0 Å². The molecule has 0 bridgehead atoms. The maximum absolute atomic E-state index is 14.6. The number of hydrogen-bond acceptors (Lipinski definition) is 7. The lowest BCUT2D eigenvalue weighted by Gasteiger charge is -2.33. The third kappa shape index (κ3) is 5.87. The van der Waals surface area contributed by atoms with Crippen molar-refractivity contribution in [1.82, 2.24) is 14.5 Å². The van der Waals surface area contributed by atoms with Crippen LogP contribution in [0.25, 0.3) is 11.3 Å². The molecular formula is C26H29F2N5O3S. The lowest BCUT2D eigenvalue weighted by Crippen LogP contribution is -2.46. The minimum Gasteiger partial charge on any atom is -0.495 e. The van der Waals surface area contributed by atoms with Gasteiger partial charge >= 0.3 is 0 Å². The van der Waals surface area contributed by atoms with E-state index in [0.29, 0.717) is 35.7 Å². The zero-order chi connectivity index (χ0) is 26.7. The Morgan fingerprint density at radius 2 is 2.11 bits per heavy atom. The van der Waals surface area contributed by atoms with Crippen LogP contribution < -0.4 is 15.4 Å². The molecule has 3 aromatic rings. The molecule has 1 saturated heterocycles. The number of benzene rings is 1. The molecule has 1 aromatic carbocycles. The van der Waals surface area contributed by atoms with Crippen molar-refractivity contribution in [2.45, 2.75) is 23.5 Å². The van der Waals surface area contributed by atoms with Gasteiger partial charge < -0.3 is 20.3 Å². The van der Waals surface area contributed by atoms with Gasteiger partial charge in [-0.2, -0.15) is 5.10 Å². The number of nitrogens with zero attached hydrogens (tertiary/aromatic N) is 3. The average Bonchev–Trinajstić information content (AvgIpc) is 3.22. The third-order valence-corrected chi connectivity index (χ3v) is 7.29. The molecule has 0 spiro atoms. The van der Waals surface area contributed by atoms with Crippen molar-refractivity contribution in [2.24, 2.45) is 0 Å². The number of anilines is 2. The van der Waals surface area contributed by atoms with Crippen LogP contribution in [0.4, 0.5) is 20.3 Å². The number of aromatic nitrogens is 2. The number of halogens is 2. The van der Waals surface area contributed by atoms with Crippen LogP contribution in [0.3, 0.4) is 0 Å². The molecule has 11 heteroatoms. The van der Waals surface area contributed by atoms with E-state index in [0.717, 1.165) is 12.8 Å². The second kappa shape index (κ2) is 10.8. The molecule has 3 heterocycles. The fraction of sp³-hybridized carbons (Fsp3) is 0.346. The Hall–Kier alpha value is -3.62. The standard InChI is InChI=1S/C26H29F2N5O3S/c1-17(27)26-22(7-6-13-29-21-11-10-18(37(4,34)35)15-24(21)36-3)31-33-23(26)8-5-9-25(33)30-20-12-14-32(2)16-19(20)28/h5,8-11,15,19-20,29-30H,1,12-14,16H2,2-4H3/t19-,20+/m0/s1. The minimum absolute atomic E-state index is 0.139. The molecule has 0 radical (unpaired) electrons. The predicted octanol–water partition coefficient (Wildman–Crippen LogP) is 3.60.